The molecule has 58 heavy (non-hydrogen) atoms. The van der Waals surface area contributed by atoms with Crippen LogP contribution in [0.5, 0.6) is 0 Å². The van der Waals surface area contributed by atoms with Gasteiger partial charge in [0, 0.05) is 71.4 Å². The Morgan fingerprint density at radius 2 is 0.966 bits per heavy atom. The van der Waals surface area contributed by atoms with Crippen molar-refractivity contribution in [3.63, 3.8) is 0 Å². The molecule has 4 atom stereocenters. The van der Waals surface area contributed by atoms with Gasteiger partial charge in [0.25, 0.3) is 0 Å². The van der Waals surface area contributed by atoms with E-state index in [4.69, 9.17) is 0 Å². The molecule has 0 N–H and O–H groups in total. The molecule has 0 saturated heterocycles. The van der Waals surface area contributed by atoms with Gasteiger partial charge in [-0.2, -0.15) is 0 Å². The Bertz CT molecular complexity index is 3660. The first-order valence-corrected chi connectivity index (χ1v) is 22.0. The fraction of sp³-hybridized carbons (Fsp3) is 0.0741. The van der Waals surface area contributed by atoms with Crippen LogP contribution in [-0.4, -0.2) is 9.13 Å². The van der Waals surface area contributed by atoms with E-state index < -0.39 is 0 Å². The minimum absolute atomic E-state index is 0.242. The maximum absolute atomic E-state index is 2.59. The Morgan fingerprint density at radius 3 is 1.69 bits per heavy atom. The molecule has 10 aromatic rings. The van der Waals surface area contributed by atoms with E-state index in [1.807, 2.05) is 22.7 Å². The predicted octanol–water partition coefficient (Wildman–Crippen LogP) is 15.2. The van der Waals surface area contributed by atoms with Crippen molar-refractivity contribution in [1.82, 2.24) is 9.13 Å². The van der Waals surface area contributed by atoms with Crippen LogP contribution in [0.1, 0.15) is 23.0 Å². The van der Waals surface area contributed by atoms with E-state index in [0.29, 0.717) is 11.8 Å². The molecule has 2 nitrogen and oxygen atoms in total. The summed E-state index contributed by atoms with van der Waals surface area (Å²) in [4.78, 5) is 1.41. The van der Waals surface area contributed by atoms with E-state index in [1.54, 1.807) is 0 Å². The van der Waals surface area contributed by atoms with E-state index >= 15 is 0 Å². The molecule has 4 heterocycles. The summed E-state index contributed by atoms with van der Waals surface area (Å²) in [6, 6.07) is 45.1. The highest BCUT2D eigenvalue weighted by Crippen LogP contribution is 2.58. The predicted molar refractivity (Wildman–Crippen MR) is 250 cm³/mol. The van der Waals surface area contributed by atoms with Crippen molar-refractivity contribution in [2.24, 2.45) is 11.8 Å². The maximum atomic E-state index is 2.59. The van der Waals surface area contributed by atoms with Gasteiger partial charge in [-0.05, 0) is 63.7 Å². The van der Waals surface area contributed by atoms with Crippen LogP contribution in [0.2, 0.25) is 0 Å². The van der Waals surface area contributed by atoms with Gasteiger partial charge >= 0.3 is 0 Å². The first-order valence-electron chi connectivity index (χ1n) is 20.4. The molecule has 0 spiro atoms. The number of allylic oxidation sites excluding steroid dienone is 12. The number of hydrogen-bond acceptors (Lipinski definition) is 2. The molecule has 0 radical (unpaired) electrons. The lowest BCUT2D eigenvalue weighted by atomic mass is 9.73. The first-order chi connectivity index (χ1) is 28.8. The topological polar surface area (TPSA) is 9.86 Å². The van der Waals surface area contributed by atoms with E-state index in [9.17, 15) is 0 Å². The molecule has 4 aliphatic carbocycles. The number of thiophene rings is 2. The molecule has 4 aromatic heterocycles. The van der Waals surface area contributed by atoms with Crippen LogP contribution < -0.4 is 0 Å². The molecule has 272 valence electrons. The fourth-order valence-electron chi connectivity index (χ4n) is 11.0. The van der Waals surface area contributed by atoms with Gasteiger partial charge in [-0.15, -0.1) is 22.7 Å². The smallest absolute Gasteiger partial charge is 0.0726 e. The van der Waals surface area contributed by atoms with Crippen LogP contribution in [0.4, 0.5) is 0 Å². The number of benzene rings is 6. The van der Waals surface area contributed by atoms with Gasteiger partial charge < -0.3 is 9.13 Å². The summed E-state index contributed by atoms with van der Waals surface area (Å²) in [6.45, 7) is 0. The zero-order chi connectivity index (χ0) is 37.6. The van der Waals surface area contributed by atoms with Crippen molar-refractivity contribution in [3.05, 3.63) is 193 Å². The Balaban J connectivity index is 0.959. The van der Waals surface area contributed by atoms with Crippen LogP contribution in [0.15, 0.2) is 182 Å². The zero-order valence-electron chi connectivity index (χ0n) is 31.3. The summed E-state index contributed by atoms with van der Waals surface area (Å²) in [6.07, 6.45) is 24.1. The van der Waals surface area contributed by atoms with Gasteiger partial charge in [0.05, 0.1) is 31.8 Å². The van der Waals surface area contributed by atoms with Crippen molar-refractivity contribution in [2.75, 3.05) is 0 Å². The third kappa shape index (κ3) is 4.06. The summed E-state index contributed by atoms with van der Waals surface area (Å²) in [5.41, 5.74) is 10.7. The molecule has 0 bridgehead atoms. The van der Waals surface area contributed by atoms with E-state index in [0.717, 1.165) is 0 Å². The standard InChI is InChI=1S/C54H34N2S2/c1-3-15-37-35(13-1)47-39-17-5-9-21-43(39)55(51(47)53-49(37)41-19-7-11-23-45(41)57-53)33-27-25-32-30-34(28-26-31(32)29-33)56-44-22-10-6-18-40(44)48-36-14-2-4-16-38(36)50-42-20-8-12-24-46(42)58-54(50)52(48)56/h1-32,35,37H. The second-order valence-electron chi connectivity index (χ2n) is 16.3. The van der Waals surface area contributed by atoms with E-state index in [-0.39, 0.29) is 11.8 Å². The molecule has 4 heteroatoms. The molecular formula is C54H34N2S2. The summed E-state index contributed by atoms with van der Waals surface area (Å²) in [5.74, 6) is 1.12. The minimum Gasteiger partial charge on any atom is -0.308 e. The van der Waals surface area contributed by atoms with Crippen LogP contribution in [0.25, 0.3) is 95.7 Å². The highest BCUT2D eigenvalue weighted by atomic mass is 32.1. The van der Waals surface area contributed by atoms with Gasteiger partial charge in [0.15, 0.2) is 0 Å². The molecule has 6 aromatic carbocycles. The molecule has 4 aliphatic rings. The zero-order valence-corrected chi connectivity index (χ0v) is 33.0. The lowest BCUT2D eigenvalue weighted by Crippen LogP contribution is -2.18. The molecule has 0 amide bonds. The first kappa shape index (κ1) is 31.6. The average Bonchev–Trinajstić information content (AvgIpc) is 4.04. The Morgan fingerprint density at radius 1 is 0.431 bits per heavy atom. The molecule has 0 fully saturated rings. The second-order valence-corrected chi connectivity index (χ2v) is 18.4. The number of para-hydroxylation sites is 2. The van der Waals surface area contributed by atoms with Crippen molar-refractivity contribution < 1.29 is 0 Å². The van der Waals surface area contributed by atoms with E-state index in [1.165, 1.54) is 107 Å². The second kappa shape index (κ2) is 11.6. The van der Waals surface area contributed by atoms with Crippen molar-refractivity contribution in [1.29, 1.82) is 0 Å². The highest BCUT2D eigenvalue weighted by Gasteiger charge is 2.39. The van der Waals surface area contributed by atoms with Gasteiger partial charge in [0.1, 0.15) is 0 Å². The largest absolute Gasteiger partial charge is 0.308 e. The third-order valence-corrected chi connectivity index (χ3v) is 15.8. The van der Waals surface area contributed by atoms with Crippen molar-refractivity contribution in [2.45, 2.75) is 11.8 Å². The molecular weight excluding hydrogens is 741 g/mol. The average molecular weight is 775 g/mol. The lowest BCUT2D eigenvalue weighted by Gasteiger charge is -2.32. The Kier molecular flexibility index (Phi) is 6.30. The SMILES string of the molecule is C1=CC2c3c(sc4ccccc34)-c3c(c4ccccc4n3C3=CC4C=CC(n5c6ccccc6c6c7ccccc7c7c8ccccc8sc7c65)=CC4C=C3)C2C=C1. The van der Waals surface area contributed by atoms with Gasteiger partial charge in [0.2, 0.25) is 0 Å². The fourth-order valence-corrected chi connectivity index (χ4v) is 13.6. The quantitative estimate of drug-likeness (QED) is 0.166. The number of nitrogens with zero attached hydrogens (tertiary/aromatic N) is 2. The highest BCUT2D eigenvalue weighted by molar-refractivity contribution is 7.27. The van der Waals surface area contributed by atoms with Crippen LogP contribution in [0, 0.1) is 11.8 Å². The monoisotopic (exact) mass is 774 g/mol. The summed E-state index contributed by atoms with van der Waals surface area (Å²) < 4.78 is 9.22. The third-order valence-electron chi connectivity index (χ3n) is 13.4. The normalized spacial score (nSPS) is 20.7. The number of rotatable bonds is 2. The molecule has 0 saturated carbocycles. The number of fused-ring (bicyclic) bond motifs is 21. The number of hydrogen-bond donors (Lipinski definition) is 0. The van der Waals surface area contributed by atoms with Crippen LogP contribution in [-0.2, 0) is 0 Å². The van der Waals surface area contributed by atoms with Crippen molar-refractivity contribution >= 4 is 108 Å². The Labute approximate surface area is 342 Å². The van der Waals surface area contributed by atoms with Gasteiger partial charge in [-0.3, -0.25) is 0 Å². The summed E-state index contributed by atoms with van der Waals surface area (Å²) in [5, 5.41) is 10.8. The molecule has 4 unspecified atom stereocenters. The Hall–Kier alpha value is -6.46. The minimum atomic E-state index is 0.242. The summed E-state index contributed by atoms with van der Waals surface area (Å²) >= 11 is 3.89. The van der Waals surface area contributed by atoms with Crippen LogP contribution in [0.3, 0.4) is 0 Å². The van der Waals surface area contributed by atoms with Crippen molar-refractivity contribution in [3.8, 4) is 10.6 Å². The molecule has 14 rings (SSSR count). The van der Waals surface area contributed by atoms with Gasteiger partial charge in [-0.1, -0.05) is 146 Å². The van der Waals surface area contributed by atoms with Gasteiger partial charge in [-0.25, -0.2) is 0 Å². The number of aromatic nitrogens is 2. The maximum Gasteiger partial charge on any atom is 0.0726 e. The van der Waals surface area contributed by atoms with E-state index in [2.05, 4.69) is 191 Å². The lowest BCUT2D eigenvalue weighted by molar-refractivity contribution is 0.658. The summed E-state index contributed by atoms with van der Waals surface area (Å²) in [7, 11) is 0. The van der Waals surface area contributed by atoms with Crippen LogP contribution >= 0.6 is 22.7 Å². The molecule has 0 aliphatic heterocycles.